The molecule has 6 heteroatoms. The average molecular weight is 247 g/mol. The fourth-order valence-electron chi connectivity index (χ4n) is 1.63. The van der Waals surface area contributed by atoms with Gasteiger partial charge >= 0.3 is 0 Å². The van der Waals surface area contributed by atoms with Gasteiger partial charge in [0.25, 0.3) is 5.69 Å². The quantitative estimate of drug-likeness (QED) is 0.614. The molecule has 0 aromatic heterocycles. The number of hydrazine groups is 1. The molecule has 0 unspecified atom stereocenters. The maximum absolute atomic E-state index is 11.5. The van der Waals surface area contributed by atoms with E-state index in [2.05, 4.69) is 10.9 Å². The lowest BCUT2D eigenvalue weighted by Gasteiger charge is -2.14. The number of hydrogen-bond acceptors (Lipinski definition) is 4. The second-order valence-corrected chi connectivity index (χ2v) is 4.61. The number of rotatable bonds is 2. The van der Waals surface area contributed by atoms with Gasteiger partial charge in [-0.2, -0.15) is 0 Å². The molecule has 1 aliphatic rings. The van der Waals surface area contributed by atoms with Crippen molar-refractivity contribution in [3.8, 4) is 0 Å². The summed E-state index contributed by atoms with van der Waals surface area (Å²) in [4.78, 5) is 21.6. The molecule has 1 aromatic rings. The van der Waals surface area contributed by atoms with E-state index in [0.29, 0.717) is 0 Å². The van der Waals surface area contributed by atoms with Crippen molar-refractivity contribution in [1.82, 2.24) is 10.9 Å². The molecule has 0 bridgehead atoms. The second kappa shape index (κ2) is 4.14. The molecular formula is C12H13N3O3. The van der Waals surface area contributed by atoms with Crippen LogP contribution in [0.5, 0.6) is 0 Å². The van der Waals surface area contributed by atoms with Gasteiger partial charge in [0.15, 0.2) is 0 Å². The van der Waals surface area contributed by atoms with E-state index in [1.165, 1.54) is 12.1 Å². The summed E-state index contributed by atoms with van der Waals surface area (Å²) in [5.41, 5.74) is 6.31. The number of nitrogens with one attached hydrogen (secondary N) is 2. The molecule has 0 atom stereocenters. The first-order valence-electron chi connectivity index (χ1n) is 5.44. The van der Waals surface area contributed by atoms with Gasteiger partial charge in [0.1, 0.15) is 0 Å². The number of benzene rings is 1. The topological polar surface area (TPSA) is 84.3 Å². The summed E-state index contributed by atoms with van der Waals surface area (Å²) < 4.78 is 0. The summed E-state index contributed by atoms with van der Waals surface area (Å²) in [6.45, 7) is 3.61. The van der Waals surface area contributed by atoms with Gasteiger partial charge in [-0.05, 0) is 37.6 Å². The first kappa shape index (κ1) is 12.1. The van der Waals surface area contributed by atoms with Crippen LogP contribution in [0.25, 0.3) is 6.08 Å². The highest BCUT2D eigenvalue weighted by Gasteiger charge is 2.37. The Hall–Kier alpha value is -2.37. The van der Waals surface area contributed by atoms with Crippen LogP contribution >= 0.6 is 0 Å². The molecular weight excluding hydrogens is 234 g/mol. The van der Waals surface area contributed by atoms with Gasteiger partial charge in [-0.3, -0.25) is 20.3 Å². The van der Waals surface area contributed by atoms with Crippen molar-refractivity contribution in [3.05, 3.63) is 45.6 Å². The number of carbonyl (C=O) groups excluding carboxylic acids is 1. The SMILES string of the molecule is CC1(C)C(=O)NN/C1=C\c1ccc([N+](=O)[O-])cc1. The van der Waals surface area contributed by atoms with Gasteiger partial charge in [-0.15, -0.1) is 0 Å². The molecule has 0 aliphatic carbocycles. The molecule has 1 fully saturated rings. The summed E-state index contributed by atoms with van der Waals surface area (Å²) in [5, 5.41) is 10.5. The lowest BCUT2D eigenvalue weighted by Crippen LogP contribution is -2.28. The lowest BCUT2D eigenvalue weighted by molar-refractivity contribution is -0.384. The third-order valence-corrected chi connectivity index (χ3v) is 2.97. The van der Waals surface area contributed by atoms with E-state index in [9.17, 15) is 14.9 Å². The smallest absolute Gasteiger partial charge is 0.269 e. The van der Waals surface area contributed by atoms with Crippen LogP contribution in [0, 0.1) is 15.5 Å². The summed E-state index contributed by atoms with van der Waals surface area (Å²) in [6.07, 6.45) is 1.79. The number of nitrogens with zero attached hydrogens (tertiary/aromatic N) is 1. The monoisotopic (exact) mass is 247 g/mol. The fourth-order valence-corrected chi connectivity index (χ4v) is 1.63. The van der Waals surface area contributed by atoms with Gasteiger partial charge in [0, 0.05) is 17.8 Å². The Kier molecular flexibility index (Phi) is 2.78. The summed E-state index contributed by atoms with van der Waals surface area (Å²) >= 11 is 0. The molecule has 1 saturated heterocycles. The van der Waals surface area contributed by atoms with Crippen LogP contribution < -0.4 is 10.9 Å². The van der Waals surface area contributed by atoms with Gasteiger partial charge < -0.3 is 5.43 Å². The van der Waals surface area contributed by atoms with E-state index in [-0.39, 0.29) is 11.6 Å². The van der Waals surface area contributed by atoms with Crippen molar-refractivity contribution in [2.24, 2.45) is 5.41 Å². The van der Waals surface area contributed by atoms with Crippen LogP contribution in [0.1, 0.15) is 19.4 Å². The van der Waals surface area contributed by atoms with Crippen LogP contribution in [-0.4, -0.2) is 10.8 Å². The summed E-state index contributed by atoms with van der Waals surface area (Å²) in [7, 11) is 0. The molecule has 1 aliphatic heterocycles. The van der Waals surface area contributed by atoms with Crippen molar-refractivity contribution in [2.45, 2.75) is 13.8 Å². The fraction of sp³-hybridized carbons (Fsp3) is 0.250. The van der Waals surface area contributed by atoms with Crippen LogP contribution in [0.3, 0.4) is 0 Å². The van der Waals surface area contributed by atoms with Crippen molar-refractivity contribution in [1.29, 1.82) is 0 Å². The number of hydrogen-bond donors (Lipinski definition) is 2. The van der Waals surface area contributed by atoms with Crippen LogP contribution in [0.2, 0.25) is 0 Å². The molecule has 6 nitrogen and oxygen atoms in total. The predicted octanol–water partition coefficient (Wildman–Crippen LogP) is 1.60. The Morgan fingerprint density at radius 3 is 2.28 bits per heavy atom. The van der Waals surface area contributed by atoms with E-state index in [4.69, 9.17) is 0 Å². The minimum atomic E-state index is -0.623. The van der Waals surface area contributed by atoms with Gasteiger partial charge in [-0.1, -0.05) is 0 Å². The van der Waals surface area contributed by atoms with E-state index < -0.39 is 10.3 Å². The minimum absolute atomic E-state index is 0.0463. The maximum atomic E-state index is 11.5. The predicted molar refractivity (Wildman–Crippen MR) is 66.1 cm³/mol. The molecule has 1 heterocycles. The largest absolute Gasteiger partial charge is 0.302 e. The van der Waals surface area contributed by atoms with Crippen LogP contribution in [0.4, 0.5) is 5.69 Å². The van der Waals surface area contributed by atoms with Crippen molar-refractivity contribution < 1.29 is 9.72 Å². The van der Waals surface area contributed by atoms with Crippen molar-refractivity contribution >= 4 is 17.7 Å². The number of nitro groups is 1. The summed E-state index contributed by atoms with van der Waals surface area (Å²) in [6, 6.07) is 6.16. The van der Waals surface area contributed by atoms with Gasteiger partial charge in [-0.25, -0.2) is 0 Å². The third-order valence-electron chi connectivity index (χ3n) is 2.97. The highest BCUT2D eigenvalue weighted by atomic mass is 16.6. The molecule has 0 spiro atoms. The van der Waals surface area contributed by atoms with Crippen molar-refractivity contribution in [3.63, 3.8) is 0 Å². The molecule has 0 saturated carbocycles. The van der Waals surface area contributed by atoms with E-state index >= 15 is 0 Å². The first-order valence-corrected chi connectivity index (χ1v) is 5.44. The molecule has 94 valence electrons. The normalized spacial score (nSPS) is 19.4. The van der Waals surface area contributed by atoms with Crippen LogP contribution in [0.15, 0.2) is 30.0 Å². The average Bonchev–Trinajstić information content (AvgIpc) is 2.57. The highest BCUT2D eigenvalue weighted by Crippen LogP contribution is 2.29. The van der Waals surface area contributed by atoms with E-state index in [1.807, 2.05) is 0 Å². The first-order chi connectivity index (χ1) is 8.41. The number of carbonyl (C=O) groups is 1. The number of amides is 1. The zero-order valence-electron chi connectivity index (χ0n) is 10.1. The Labute approximate surface area is 104 Å². The zero-order chi connectivity index (χ0) is 13.3. The highest BCUT2D eigenvalue weighted by molar-refractivity contribution is 5.89. The molecule has 18 heavy (non-hydrogen) atoms. The lowest BCUT2D eigenvalue weighted by atomic mass is 9.89. The minimum Gasteiger partial charge on any atom is -0.302 e. The van der Waals surface area contributed by atoms with Crippen molar-refractivity contribution in [2.75, 3.05) is 0 Å². The number of nitro benzene ring substituents is 1. The van der Waals surface area contributed by atoms with Crippen LogP contribution in [-0.2, 0) is 4.79 Å². The Morgan fingerprint density at radius 2 is 1.83 bits per heavy atom. The van der Waals surface area contributed by atoms with Gasteiger partial charge in [0.2, 0.25) is 5.91 Å². The summed E-state index contributed by atoms with van der Waals surface area (Å²) in [5.74, 6) is -0.101. The van der Waals surface area contributed by atoms with E-state index in [0.717, 1.165) is 11.3 Å². The maximum Gasteiger partial charge on any atom is 0.269 e. The zero-order valence-corrected chi connectivity index (χ0v) is 10.1. The third kappa shape index (κ3) is 2.04. The van der Waals surface area contributed by atoms with Gasteiger partial charge in [0.05, 0.1) is 10.3 Å². The Bertz CT molecular complexity index is 532. The molecule has 1 aromatic carbocycles. The Morgan fingerprint density at radius 1 is 1.22 bits per heavy atom. The standard InChI is InChI=1S/C12H13N3O3/c1-12(2)10(13-14-11(12)16)7-8-3-5-9(6-4-8)15(17)18/h3-7,13H,1-2H3,(H,14,16)/b10-7-. The molecule has 1 amide bonds. The Balaban J connectivity index is 2.29. The van der Waals surface area contributed by atoms with E-state index in [1.54, 1.807) is 32.1 Å². The second-order valence-electron chi connectivity index (χ2n) is 4.61. The molecule has 0 radical (unpaired) electrons. The molecule has 2 rings (SSSR count). The molecule has 2 N–H and O–H groups in total. The number of non-ortho nitro benzene ring substituents is 1.